The molecule has 3 amide bonds. The summed E-state index contributed by atoms with van der Waals surface area (Å²) in [5.41, 5.74) is 8.40. The predicted molar refractivity (Wildman–Crippen MR) is 185 cm³/mol. The van der Waals surface area contributed by atoms with E-state index in [0.717, 1.165) is 5.56 Å². The Morgan fingerprint density at radius 1 is 0.980 bits per heavy atom. The number of carbonyl (C=O) groups is 4. The van der Waals surface area contributed by atoms with Crippen LogP contribution in [0.1, 0.15) is 72.8 Å². The number of nitrogens with zero attached hydrogens (tertiary/aromatic N) is 3. The molecule has 0 heterocycles. The van der Waals surface area contributed by atoms with E-state index in [2.05, 4.69) is 36.6 Å². The van der Waals surface area contributed by atoms with E-state index in [-0.39, 0.29) is 58.2 Å². The number of carbonyl (C=O) groups excluding carboxylic acids is 4. The van der Waals surface area contributed by atoms with Crippen LogP contribution >= 0.6 is 0 Å². The van der Waals surface area contributed by atoms with Crippen molar-refractivity contribution in [3.8, 4) is 0 Å². The Labute approximate surface area is 294 Å². The van der Waals surface area contributed by atoms with Gasteiger partial charge in [0.05, 0.1) is 31.7 Å². The molecule has 0 aliphatic rings. The fraction of sp³-hybridized carbons (Fsp3) is 0.697. The number of hydrogen-bond donors (Lipinski definition) is 7. The van der Waals surface area contributed by atoms with Gasteiger partial charge < -0.3 is 40.4 Å². The van der Waals surface area contributed by atoms with E-state index in [4.69, 9.17) is 19.7 Å². The molecule has 0 aromatic heterocycles. The molecule has 0 radical (unpaired) electrons. The highest BCUT2D eigenvalue weighted by molar-refractivity contribution is 5.87. The summed E-state index contributed by atoms with van der Waals surface area (Å²) in [5, 5.41) is 39.4. The standard InChI is InChI=1S/C33H56N8O9/c1-22(2)19-26(31(46)40-27(20-28(43)50-33(4,5)6)29(44)35-15-17-48-18-16-37-41-34)39-30(45)25(38-23(3)42)13-10-14-36-32(47)49-21-24-11-8-7-9-12-24/h7-9,11-12,22,25-27,29,31,35,40,44,46H,10,13-21H2,1-6H3,(H,36,47)(H,38,42)(H,39,45)/t25-,26+,27-,29?,31?/m0/s1. The number of ether oxygens (including phenoxy) is 3. The van der Waals surface area contributed by atoms with Crippen molar-refractivity contribution in [2.45, 2.75) is 110 Å². The second-order valence-corrected chi connectivity index (χ2v) is 13.1. The highest BCUT2D eigenvalue weighted by atomic mass is 16.6. The van der Waals surface area contributed by atoms with Crippen LogP contribution in [0, 0.1) is 5.92 Å². The maximum atomic E-state index is 13.4. The Morgan fingerprint density at radius 2 is 1.68 bits per heavy atom. The number of hydrogen-bond acceptors (Lipinski definition) is 12. The summed E-state index contributed by atoms with van der Waals surface area (Å²) >= 11 is 0. The zero-order chi connectivity index (χ0) is 37.5. The van der Waals surface area contributed by atoms with Crippen LogP contribution in [0.3, 0.4) is 0 Å². The number of aliphatic hydroxyl groups excluding tert-OH is 2. The first-order chi connectivity index (χ1) is 23.6. The minimum absolute atomic E-state index is 0.0111. The summed E-state index contributed by atoms with van der Waals surface area (Å²) in [6.45, 7) is 11.2. The molecule has 0 aliphatic carbocycles. The van der Waals surface area contributed by atoms with Gasteiger partial charge in [0.15, 0.2) is 0 Å². The second kappa shape index (κ2) is 24.2. The van der Waals surface area contributed by atoms with Crippen LogP contribution < -0.4 is 26.6 Å². The summed E-state index contributed by atoms with van der Waals surface area (Å²) in [6.07, 6.45) is -2.88. The van der Waals surface area contributed by atoms with E-state index in [1.165, 1.54) is 6.92 Å². The average molecular weight is 709 g/mol. The summed E-state index contributed by atoms with van der Waals surface area (Å²) in [6, 6.07) is 6.29. The molecule has 0 fully saturated rings. The highest BCUT2D eigenvalue weighted by Gasteiger charge is 2.32. The van der Waals surface area contributed by atoms with E-state index in [1.807, 2.05) is 44.2 Å². The normalized spacial score (nSPS) is 14.3. The van der Waals surface area contributed by atoms with Crippen LogP contribution in [0.15, 0.2) is 35.4 Å². The quantitative estimate of drug-likeness (QED) is 0.0204. The van der Waals surface area contributed by atoms with Crippen LogP contribution in [-0.2, 0) is 35.2 Å². The monoisotopic (exact) mass is 708 g/mol. The van der Waals surface area contributed by atoms with Gasteiger partial charge in [-0.15, -0.1) is 0 Å². The molecule has 17 nitrogen and oxygen atoms in total. The lowest BCUT2D eigenvalue weighted by Crippen LogP contribution is -2.60. The smallest absolute Gasteiger partial charge is 0.407 e. The van der Waals surface area contributed by atoms with Gasteiger partial charge in [-0.1, -0.05) is 49.3 Å². The largest absolute Gasteiger partial charge is 0.460 e. The van der Waals surface area contributed by atoms with Crippen molar-refractivity contribution in [1.82, 2.24) is 26.6 Å². The van der Waals surface area contributed by atoms with Crippen LogP contribution in [0.4, 0.5) is 4.79 Å². The third-order valence-corrected chi connectivity index (χ3v) is 6.85. The maximum absolute atomic E-state index is 13.4. The fourth-order valence-corrected chi connectivity index (χ4v) is 4.68. The molecule has 1 rings (SSSR count). The molecule has 0 bridgehead atoms. The maximum Gasteiger partial charge on any atom is 0.407 e. The molecule has 0 spiro atoms. The van der Waals surface area contributed by atoms with E-state index in [1.54, 1.807) is 20.8 Å². The van der Waals surface area contributed by atoms with Gasteiger partial charge in [0.2, 0.25) is 11.8 Å². The van der Waals surface area contributed by atoms with Crippen LogP contribution in [0.2, 0.25) is 0 Å². The first kappa shape index (κ1) is 44.0. The number of benzene rings is 1. The molecule has 0 saturated heterocycles. The van der Waals surface area contributed by atoms with Gasteiger partial charge in [0, 0.05) is 31.5 Å². The van der Waals surface area contributed by atoms with Crippen LogP contribution in [0.5, 0.6) is 0 Å². The van der Waals surface area contributed by atoms with Crippen LogP contribution in [0.25, 0.3) is 10.4 Å². The highest BCUT2D eigenvalue weighted by Crippen LogP contribution is 2.14. The molecule has 1 aromatic rings. The van der Waals surface area contributed by atoms with Gasteiger partial charge in [-0.3, -0.25) is 25.0 Å². The van der Waals surface area contributed by atoms with Crippen LogP contribution in [-0.4, -0.2) is 103 Å². The van der Waals surface area contributed by atoms with Gasteiger partial charge in [0.25, 0.3) is 0 Å². The van der Waals surface area contributed by atoms with Gasteiger partial charge in [-0.2, -0.15) is 0 Å². The van der Waals surface area contributed by atoms with Gasteiger partial charge in [-0.05, 0) is 57.0 Å². The van der Waals surface area contributed by atoms with Crippen molar-refractivity contribution < 1.29 is 43.6 Å². The Balaban J connectivity index is 2.89. The molecule has 0 saturated carbocycles. The number of amides is 3. The molecule has 7 N–H and O–H groups in total. The molecule has 0 aliphatic heterocycles. The summed E-state index contributed by atoms with van der Waals surface area (Å²) < 4.78 is 16.0. The first-order valence-corrected chi connectivity index (χ1v) is 16.8. The molecule has 5 atom stereocenters. The molecule has 17 heteroatoms. The molecular formula is C33H56N8O9. The van der Waals surface area contributed by atoms with E-state index < -0.39 is 60.1 Å². The van der Waals surface area contributed by atoms with Gasteiger partial charge in [-0.25, -0.2) is 4.79 Å². The van der Waals surface area contributed by atoms with Gasteiger partial charge in [0.1, 0.15) is 30.7 Å². The number of azide groups is 1. The van der Waals surface area contributed by atoms with Crippen molar-refractivity contribution in [3.63, 3.8) is 0 Å². The number of nitrogens with one attached hydrogen (secondary N) is 5. The third kappa shape index (κ3) is 21.2. The first-order valence-electron chi connectivity index (χ1n) is 16.8. The SMILES string of the molecule is CC(=O)N[C@@H](CCCNC(=O)OCc1ccccc1)C(=O)N[C@H](CC(C)C)C(O)N[C@@H](CC(=O)OC(C)(C)C)C(O)NCCOCCN=[N+]=[N-]. The van der Waals surface area contributed by atoms with Gasteiger partial charge >= 0.3 is 12.1 Å². The zero-order valence-electron chi connectivity index (χ0n) is 30.0. The molecule has 50 heavy (non-hydrogen) atoms. The fourth-order valence-electron chi connectivity index (χ4n) is 4.68. The molecule has 282 valence electrons. The third-order valence-electron chi connectivity index (χ3n) is 6.85. The Morgan fingerprint density at radius 3 is 2.30 bits per heavy atom. The summed E-state index contributed by atoms with van der Waals surface area (Å²) in [4.78, 5) is 52.9. The number of aliphatic hydroxyl groups is 2. The zero-order valence-corrected chi connectivity index (χ0v) is 30.0. The Kier molecular flexibility index (Phi) is 21.3. The molecular weight excluding hydrogens is 652 g/mol. The van der Waals surface area contributed by atoms with E-state index in [9.17, 15) is 29.4 Å². The summed E-state index contributed by atoms with van der Waals surface area (Å²) in [5.74, 6) is -1.61. The molecule has 1 aromatic carbocycles. The van der Waals surface area contributed by atoms with E-state index in [0.29, 0.717) is 12.8 Å². The summed E-state index contributed by atoms with van der Waals surface area (Å²) in [7, 11) is 0. The lowest BCUT2D eigenvalue weighted by atomic mass is 10.00. The lowest BCUT2D eigenvalue weighted by molar-refractivity contribution is -0.156. The van der Waals surface area contributed by atoms with Crippen molar-refractivity contribution in [2.24, 2.45) is 11.0 Å². The average Bonchev–Trinajstić information content (AvgIpc) is 3.03. The number of rotatable bonds is 24. The van der Waals surface area contributed by atoms with E-state index >= 15 is 0 Å². The number of alkyl carbamates (subject to hydrolysis) is 1. The predicted octanol–water partition coefficient (Wildman–Crippen LogP) is 1.97. The van der Waals surface area contributed by atoms with Crippen molar-refractivity contribution >= 4 is 23.9 Å². The topological polar surface area (TPSA) is 245 Å². The minimum Gasteiger partial charge on any atom is -0.460 e. The Bertz CT molecular complexity index is 1210. The van der Waals surface area contributed by atoms with Crippen molar-refractivity contribution in [2.75, 3.05) is 32.8 Å². The van der Waals surface area contributed by atoms with Crippen molar-refractivity contribution in [1.29, 1.82) is 0 Å². The molecule has 2 unspecified atom stereocenters. The second-order valence-electron chi connectivity index (χ2n) is 13.1. The Hall–Kier alpha value is -3.99. The minimum atomic E-state index is -1.43. The lowest BCUT2D eigenvalue weighted by Gasteiger charge is -2.33. The number of esters is 1. The van der Waals surface area contributed by atoms with Crippen molar-refractivity contribution in [3.05, 3.63) is 46.3 Å².